The first-order valence-electron chi connectivity index (χ1n) is 13.9. The van der Waals surface area contributed by atoms with Crippen LogP contribution in [0, 0.1) is 47.3 Å². The van der Waals surface area contributed by atoms with Crippen molar-refractivity contribution >= 4 is 35.0 Å². The van der Waals surface area contributed by atoms with E-state index in [1.165, 1.54) is 24.0 Å². The van der Waals surface area contributed by atoms with Gasteiger partial charge in [0.25, 0.3) is 0 Å². The number of anilines is 2. The summed E-state index contributed by atoms with van der Waals surface area (Å²) in [5, 5.41) is 0. The Morgan fingerprint density at radius 3 is 1.18 bits per heavy atom. The zero-order valence-electron chi connectivity index (χ0n) is 22.2. The normalized spacial score (nSPS) is 34.5. The highest BCUT2D eigenvalue weighted by atomic mass is 16.5. The molecule has 0 radical (unpaired) electrons. The van der Waals surface area contributed by atoms with Crippen LogP contribution < -0.4 is 19.3 Å². The second kappa shape index (κ2) is 8.16. The summed E-state index contributed by atoms with van der Waals surface area (Å²) in [6.45, 7) is 0. The fourth-order valence-electron chi connectivity index (χ4n) is 8.36. The Morgan fingerprint density at radius 1 is 0.550 bits per heavy atom. The summed E-state index contributed by atoms with van der Waals surface area (Å²) in [6.07, 6.45) is 10.1. The number of rotatable bonds is 5. The maximum Gasteiger partial charge on any atom is 0.238 e. The number of imide groups is 2. The Labute approximate surface area is 231 Å². The van der Waals surface area contributed by atoms with Gasteiger partial charge in [0.15, 0.2) is 0 Å². The second-order valence-corrected chi connectivity index (χ2v) is 11.8. The molecule has 8 atom stereocenters. The predicted molar refractivity (Wildman–Crippen MR) is 145 cm³/mol. The Balaban J connectivity index is 1.11. The number of allylic oxidation sites excluding steroid dienone is 4. The van der Waals surface area contributed by atoms with Gasteiger partial charge >= 0.3 is 0 Å². The van der Waals surface area contributed by atoms with Crippen LogP contribution in [0.5, 0.6) is 11.5 Å². The highest BCUT2D eigenvalue weighted by Crippen LogP contribution is 2.55. The number of hydrogen-bond acceptors (Lipinski definition) is 6. The first kappa shape index (κ1) is 23.7. The van der Waals surface area contributed by atoms with Crippen molar-refractivity contribution in [1.82, 2.24) is 0 Å². The highest BCUT2D eigenvalue weighted by Gasteiger charge is 2.61. The van der Waals surface area contributed by atoms with E-state index in [4.69, 9.17) is 9.47 Å². The lowest BCUT2D eigenvalue weighted by molar-refractivity contribution is -0.124. The van der Waals surface area contributed by atoms with Gasteiger partial charge in [0.1, 0.15) is 11.5 Å². The van der Waals surface area contributed by atoms with Crippen LogP contribution in [0.4, 0.5) is 11.4 Å². The standard InChI is InChI=1S/C32H28N2O6/c1-39-23-13-15(7-9-21(23)33-29(35)25-17-3-4-18(11-17)26(25)30(33)36)16-8-10-22(24(14-16)40-2)34-31(37)27-19-5-6-20(12-19)28(27)32(34)38/h3-10,13-14,17-20,25-28H,11-12H2,1-2H3/t17-,18-,19-,20+,25-,26+,27-,28-/m0/s1. The Hall–Kier alpha value is -4.20. The minimum Gasteiger partial charge on any atom is -0.495 e. The molecule has 8 rings (SSSR count). The molecule has 2 saturated carbocycles. The summed E-state index contributed by atoms with van der Waals surface area (Å²) >= 11 is 0. The number of carbonyl (C=O) groups is 4. The van der Waals surface area contributed by atoms with Crippen molar-refractivity contribution in [3.8, 4) is 22.6 Å². The summed E-state index contributed by atoms with van der Waals surface area (Å²) in [6, 6.07) is 10.8. The quantitative estimate of drug-likeness (QED) is 0.424. The largest absolute Gasteiger partial charge is 0.495 e. The van der Waals surface area contributed by atoms with Crippen LogP contribution in [0.25, 0.3) is 11.1 Å². The Kier molecular flexibility index (Phi) is 4.83. The lowest BCUT2D eigenvalue weighted by atomic mass is 9.85. The second-order valence-electron chi connectivity index (χ2n) is 11.8. The van der Waals surface area contributed by atoms with Crippen molar-refractivity contribution < 1.29 is 28.7 Å². The molecule has 2 aromatic carbocycles. The van der Waals surface area contributed by atoms with Gasteiger partial charge in [-0.2, -0.15) is 0 Å². The van der Waals surface area contributed by atoms with Crippen molar-refractivity contribution in [2.24, 2.45) is 47.3 Å². The third-order valence-corrected chi connectivity index (χ3v) is 10.1. The van der Waals surface area contributed by atoms with E-state index in [0.29, 0.717) is 22.9 Å². The summed E-state index contributed by atoms with van der Waals surface area (Å²) in [5.74, 6) is -0.399. The van der Waals surface area contributed by atoms with E-state index in [9.17, 15) is 19.2 Å². The number of hydrogen-bond donors (Lipinski definition) is 0. The first-order valence-corrected chi connectivity index (χ1v) is 13.9. The Morgan fingerprint density at radius 2 is 0.875 bits per heavy atom. The SMILES string of the molecule is COc1cc(-c2ccc(N3C(=O)[C@@H]4[C@H](C3=O)[C@H]3C=C[C@H]4C3)c(OC)c2)ccc1N1C(=O)[C@@H]2[C@@H](C1=O)[C@H]1C=C[C@@H]2C1. The summed E-state index contributed by atoms with van der Waals surface area (Å²) in [5.41, 5.74) is 2.46. The molecule has 0 N–H and O–H groups in total. The molecule has 8 nitrogen and oxygen atoms in total. The average Bonchev–Trinajstić information content (AvgIpc) is 3.81. The van der Waals surface area contributed by atoms with E-state index in [-0.39, 0.29) is 71.0 Å². The molecule has 2 aliphatic heterocycles. The number of carbonyl (C=O) groups excluding carboxylic acids is 4. The molecule has 4 bridgehead atoms. The lowest BCUT2D eigenvalue weighted by Crippen LogP contribution is -2.33. The molecule has 8 heteroatoms. The van der Waals surface area contributed by atoms with E-state index >= 15 is 0 Å². The Bertz CT molecular complexity index is 1410. The highest BCUT2D eigenvalue weighted by molar-refractivity contribution is 6.24. The number of benzene rings is 2. The smallest absolute Gasteiger partial charge is 0.238 e. The molecule has 4 fully saturated rings. The van der Waals surface area contributed by atoms with Crippen LogP contribution in [-0.4, -0.2) is 37.8 Å². The minimum absolute atomic E-state index is 0.132. The topological polar surface area (TPSA) is 93.2 Å². The lowest BCUT2D eigenvalue weighted by Gasteiger charge is -2.22. The fourth-order valence-corrected chi connectivity index (χ4v) is 8.36. The predicted octanol–water partition coefficient (Wildman–Crippen LogP) is 3.99. The number of ether oxygens (including phenoxy) is 2. The summed E-state index contributed by atoms with van der Waals surface area (Å²) in [7, 11) is 3.04. The van der Waals surface area contributed by atoms with Crippen molar-refractivity contribution in [2.45, 2.75) is 12.8 Å². The summed E-state index contributed by atoms with van der Waals surface area (Å²) in [4.78, 5) is 56.1. The number of amides is 4. The molecular formula is C32H28N2O6. The van der Waals surface area contributed by atoms with E-state index in [0.717, 1.165) is 24.0 Å². The maximum atomic E-state index is 13.4. The van der Waals surface area contributed by atoms with Crippen LogP contribution in [0.1, 0.15) is 12.8 Å². The molecule has 0 unspecified atom stereocenters. The van der Waals surface area contributed by atoms with Gasteiger partial charge in [0.05, 0.1) is 49.3 Å². The number of methoxy groups -OCH3 is 2. The number of fused-ring (bicyclic) bond motifs is 10. The molecule has 4 amide bonds. The van der Waals surface area contributed by atoms with Crippen LogP contribution in [0.15, 0.2) is 60.7 Å². The van der Waals surface area contributed by atoms with E-state index in [1.807, 2.05) is 12.1 Å². The van der Waals surface area contributed by atoms with Crippen LogP contribution in [-0.2, 0) is 19.2 Å². The van der Waals surface area contributed by atoms with Gasteiger partial charge in [-0.15, -0.1) is 0 Å². The third-order valence-electron chi connectivity index (χ3n) is 10.1. The van der Waals surface area contributed by atoms with Crippen molar-refractivity contribution in [1.29, 1.82) is 0 Å². The third kappa shape index (κ3) is 2.91. The average molecular weight is 537 g/mol. The van der Waals surface area contributed by atoms with E-state index in [1.54, 1.807) is 24.3 Å². The van der Waals surface area contributed by atoms with Gasteiger partial charge < -0.3 is 9.47 Å². The molecular weight excluding hydrogens is 508 g/mol. The van der Waals surface area contributed by atoms with Gasteiger partial charge in [-0.05, 0) is 71.9 Å². The van der Waals surface area contributed by atoms with Crippen LogP contribution >= 0.6 is 0 Å². The first-order chi connectivity index (χ1) is 19.4. The fraction of sp³-hybridized carbons (Fsp3) is 0.375. The zero-order chi connectivity index (χ0) is 27.4. The van der Waals surface area contributed by atoms with Crippen molar-refractivity contribution in [3.05, 3.63) is 60.7 Å². The van der Waals surface area contributed by atoms with Gasteiger partial charge in [-0.3, -0.25) is 19.2 Å². The van der Waals surface area contributed by atoms with Gasteiger partial charge in [0.2, 0.25) is 23.6 Å². The molecule has 202 valence electrons. The molecule has 4 aliphatic carbocycles. The zero-order valence-corrected chi connectivity index (χ0v) is 22.2. The van der Waals surface area contributed by atoms with E-state index < -0.39 is 0 Å². The van der Waals surface area contributed by atoms with Gasteiger partial charge in [0, 0.05) is 0 Å². The molecule has 6 aliphatic rings. The van der Waals surface area contributed by atoms with Crippen LogP contribution in [0.2, 0.25) is 0 Å². The molecule has 2 aromatic rings. The molecule has 0 aromatic heterocycles. The molecule has 2 heterocycles. The number of nitrogens with zero attached hydrogens (tertiary/aromatic N) is 2. The van der Waals surface area contributed by atoms with Crippen molar-refractivity contribution in [3.63, 3.8) is 0 Å². The monoisotopic (exact) mass is 536 g/mol. The van der Waals surface area contributed by atoms with Crippen molar-refractivity contribution in [2.75, 3.05) is 24.0 Å². The maximum absolute atomic E-state index is 13.4. The van der Waals surface area contributed by atoms with Gasteiger partial charge in [-0.25, -0.2) is 9.80 Å². The molecule has 0 spiro atoms. The van der Waals surface area contributed by atoms with Gasteiger partial charge in [-0.1, -0.05) is 36.4 Å². The van der Waals surface area contributed by atoms with E-state index in [2.05, 4.69) is 24.3 Å². The summed E-state index contributed by atoms with van der Waals surface area (Å²) < 4.78 is 11.3. The molecule has 40 heavy (non-hydrogen) atoms. The molecule has 2 saturated heterocycles. The van der Waals surface area contributed by atoms with Crippen LogP contribution in [0.3, 0.4) is 0 Å². The minimum atomic E-state index is -0.287.